The van der Waals surface area contributed by atoms with Crippen molar-refractivity contribution in [2.24, 2.45) is 0 Å². The Balaban J connectivity index is 2.56. The van der Waals surface area contributed by atoms with E-state index in [0.29, 0.717) is 5.56 Å². The van der Waals surface area contributed by atoms with Gasteiger partial charge in [0, 0.05) is 5.38 Å². The number of carbonyl (C=O) groups excluding carboxylic acids is 1. The Bertz CT molecular complexity index is 249. The molecule has 2 nitrogen and oxygen atoms in total. The largest absolute Gasteiger partial charge is 0.431 e. The predicted octanol–water partition coefficient (Wildman–Crippen LogP) is 2.44. The molecule has 0 saturated carbocycles. The van der Waals surface area contributed by atoms with Crippen molar-refractivity contribution in [2.45, 2.75) is 6.92 Å². The third kappa shape index (κ3) is 2.20. The second-order valence-corrected chi connectivity index (χ2v) is 2.67. The Morgan fingerprint density at radius 3 is 3.09 bits per heavy atom. The zero-order valence-electron chi connectivity index (χ0n) is 6.11. The first kappa shape index (κ1) is 8.01. The third-order valence-electron chi connectivity index (χ3n) is 1.07. The normalized spacial score (nSPS) is 10.3. The molecule has 0 aliphatic rings. The van der Waals surface area contributed by atoms with E-state index in [1.807, 2.05) is 5.38 Å². The molecule has 0 atom stereocenters. The summed E-state index contributed by atoms with van der Waals surface area (Å²) in [7, 11) is 0. The molecule has 0 saturated heterocycles. The number of esters is 1. The third-order valence-corrected chi connectivity index (χ3v) is 1.75. The molecule has 0 bridgehead atoms. The molecule has 11 heavy (non-hydrogen) atoms. The van der Waals surface area contributed by atoms with Crippen LogP contribution in [0.2, 0.25) is 0 Å². The van der Waals surface area contributed by atoms with Crippen LogP contribution in [-0.4, -0.2) is 5.97 Å². The SMILES string of the molecule is C/C=C/OC(=O)c1ccsc1. The van der Waals surface area contributed by atoms with Crippen molar-refractivity contribution in [1.29, 1.82) is 0 Å². The van der Waals surface area contributed by atoms with Gasteiger partial charge < -0.3 is 4.74 Å². The van der Waals surface area contributed by atoms with E-state index in [4.69, 9.17) is 4.74 Å². The Labute approximate surface area is 69.1 Å². The van der Waals surface area contributed by atoms with Crippen LogP contribution in [0.1, 0.15) is 17.3 Å². The van der Waals surface area contributed by atoms with Gasteiger partial charge in [-0.3, -0.25) is 0 Å². The molecular formula is C8H8O2S. The first-order valence-corrected chi connectivity index (χ1v) is 4.13. The van der Waals surface area contributed by atoms with Crippen molar-refractivity contribution in [3.05, 3.63) is 34.7 Å². The molecule has 1 aromatic rings. The maximum atomic E-state index is 11.0. The van der Waals surface area contributed by atoms with Crippen molar-refractivity contribution in [2.75, 3.05) is 0 Å². The molecule has 0 aromatic carbocycles. The van der Waals surface area contributed by atoms with Gasteiger partial charge in [0.1, 0.15) is 0 Å². The van der Waals surface area contributed by atoms with Crippen LogP contribution in [0.3, 0.4) is 0 Å². The Hall–Kier alpha value is -1.09. The molecule has 1 aromatic heterocycles. The van der Waals surface area contributed by atoms with Gasteiger partial charge in [0.05, 0.1) is 11.8 Å². The minimum absolute atomic E-state index is 0.302. The molecule has 0 unspecified atom stereocenters. The molecule has 3 heteroatoms. The van der Waals surface area contributed by atoms with Crippen molar-refractivity contribution in [1.82, 2.24) is 0 Å². The van der Waals surface area contributed by atoms with E-state index in [9.17, 15) is 4.79 Å². The second-order valence-electron chi connectivity index (χ2n) is 1.89. The smallest absolute Gasteiger partial charge is 0.343 e. The summed E-state index contributed by atoms with van der Waals surface area (Å²) >= 11 is 1.48. The Morgan fingerprint density at radius 1 is 1.73 bits per heavy atom. The van der Waals surface area contributed by atoms with Crippen LogP contribution in [0.25, 0.3) is 0 Å². The van der Waals surface area contributed by atoms with Gasteiger partial charge in [-0.05, 0) is 18.4 Å². The summed E-state index contributed by atoms with van der Waals surface area (Å²) in [4.78, 5) is 11.0. The van der Waals surface area contributed by atoms with Crippen LogP contribution in [0.15, 0.2) is 29.2 Å². The molecule has 0 spiro atoms. The van der Waals surface area contributed by atoms with E-state index in [1.54, 1.807) is 24.4 Å². The fourth-order valence-electron chi connectivity index (χ4n) is 0.578. The van der Waals surface area contributed by atoms with Crippen molar-refractivity contribution in [3.8, 4) is 0 Å². The molecule has 1 rings (SSSR count). The van der Waals surface area contributed by atoms with E-state index in [-0.39, 0.29) is 5.97 Å². The fourth-order valence-corrected chi connectivity index (χ4v) is 1.20. The molecular weight excluding hydrogens is 160 g/mol. The summed E-state index contributed by atoms with van der Waals surface area (Å²) in [6.07, 6.45) is 3.05. The number of carbonyl (C=O) groups is 1. The first-order valence-electron chi connectivity index (χ1n) is 3.19. The first-order chi connectivity index (χ1) is 5.34. The molecule has 0 fully saturated rings. The zero-order chi connectivity index (χ0) is 8.10. The summed E-state index contributed by atoms with van der Waals surface area (Å²) in [5.41, 5.74) is 0.605. The van der Waals surface area contributed by atoms with Gasteiger partial charge in [-0.1, -0.05) is 6.08 Å². The Morgan fingerprint density at radius 2 is 2.55 bits per heavy atom. The Kier molecular flexibility index (Phi) is 2.86. The molecule has 1 heterocycles. The van der Waals surface area contributed by atoms with Crippen LogP contribution >= 0.6 is 11.3 Å². The summed E-state index contributed by atoms with van der Waals surface area (Å²) in [6, 6.07) is 1.73. The summed E-state index contributed by atoms with van der Waals surface area (Å²) in [5.74, 6) is -0.302. The van der Waals surface area contributed by atoms with Gasteiger partial charge in [0.2, 0.25) is 0 Å². The lowest BCUT2D eigenvalue weighted by atomic mass is 10.3. The summed E-state index contributed by atoms with van der Waals surface area (Å²) in [5, 5.41) is 3.60. The number of thiophene rings is 1. The minimum atomic E-state index is -0.302. The molecule has 58 valence electrons. The van der Waals surface area contributed by atoms with E-state index < -0.39 is 0 Å². The lowest BCUT2D eigenvalue weighted by molar-refractivity contribution is 0.0663. The van der Waals surface area contributed by atoms with Crippen molar-refractivity contribution < 1.29 is 9.53 Å². The predicted molar refractivity (Wildman–Crippen MR) is 44.5 cm³/mol. The lowest BCUT2D eigenvalue weighted by Gasteiger charge is -1.92. The topological polar surface area (TPSA) is 26.3 Å². The van der Waals surface area contributed by atoms with Gasteiger partial charge >= 0.3 is 5.97 Å². The highest BCUT2D eigenvalue weighted by Gasteiger charge is 2.03. The van der Waals surface area contributed by atoms with Gasteiger partial charge in [0.25, 0.3) is 0 Å². The number of rotatable bonds is 2. The number of allylic oxidation sites excluding steroid dienone is 1. The highest BCUT2D eigenvalue weighted by atomic mass is 32.1. The van der Waals surface area contributed by atoms with Crippen molar-refractivity contribution in [3.63, 3.8) is 0 Å². The van der Waals surface area contributed by atoms with Crippen LogP contribution in [0.5, 0.6) is 0 Å². The average molecular weight is 168 g/mol. The van der Waals surface area contributed by atoms with E-state index in [2.05, 4.69) is 0 Å². The zero-order valence-corrected chi connectivity index (χ0v) is 6.93. The number of ether oxygens (including phenoxy) is 1. The van der Waals surface area contributed by atoms with Crippen LogP contribution < -0.4 is 0 Å². The van der Waals surface area contributed by atoms with Gasteiger partial charge in [-0.25, -0.2) is 4.79 Å². The fraction of sp³-hybridized carbons (Fsp3) is 0.125. The number of hydrogen-bond donors (Lipinski definition) is 0. The maximum Gasteiger partial charge on any atom is 0.343 e. The van der Waals surface area contributed by atoms with Gasteiger partial charge in [0.15, 0.2) is 0 Å². The minimum Gasteiger partial charge on any atom is -0.431 e. The highest BCUT2D eigenvalue weighted by molar-refractivity contribution is 7.08. The standard InChI is InChI=1S/C8H8O2S/c1-2-4-10-8(9)7-3-5-11-6-7/h2-6H,1H3/b4-2+. The molecule has 0 N–H and O–H groups in total. The molecule has 0 aliphatic heterocycles. The van der Waals surface area contributed by atoms with Gasteiger partial charge in [-0.15, -0.1) is 0 Å². The summed E-state index contributed by atoms with van der Waals surface area (Å²) in [6.45, 7) is 1.79. The quantitative estimate of drug-likeness (QED) is 0.500. The van der Waals surface area contributed by atoms with Crippen LogP contribution in [0, 0.1) is 0 Å². The maximum absolute atomic E-state index is 11.0. The summed E-state index contributed by atoms with van der Waals surface area (Å²) < 4.78 is 4.72. The lowest BCUT2D eigenvalue weighted by Crippen LogP contribution is -1.97. The molecule has 0 aliphatic carbocycles. The molecule has 0 amide bonds. The highest BCUT2D eigenvalue weighted by Crippen LogP contribution is 2.07. The number of hydrogen-bond acceptors (Lipinski definition) is 3. The van der Waals surface area contributed by atoms with Gasteiger partial charge in [-0.2, -0.15) is 11.3 Å². The van der Waals surface area contributed by atoms with E-state index >= 15 is 0 Å². The molecule has 0 radical (unpaired) electrons. The van der Waals surface area contributed by atoms with E-state index in [1.165, 1.54) is 17.6 Å². The second kappa shape index (κ2) is 3.93. The monoisotopic (exact) mass is 168 g/mol. The van der Waals surface area contributed by atoms with E-state index in [0.717, 1.165) is 0 Å². The van der Waals surface area contributed by atoms with Crippen molar-refractivity contribution >= 4 is 17.3 Å². The average Bonchev–Trinajstić information content (AvgIpc) is 2.52. The van der Waals surface area contributed by atoms with Crippen LogP contribution in [0.4, 0.5) is 0 Å². The van der Waals surface area contributed by atoms with Crippen LogP contribution in [-0.2, 0) is 4.74 Å².